The van der Waals surface area contributed by atoms with Crippen LogP contribution >= 0.6 is 15.9 Å². The predicted octanol–water partition coefficient (Wildman–Crippen LogP) is 3.07. The number of nitrogens with one attached hydrogen (secondary N) is 1. The van der Waals surface area contributed by atoms with E-state index in [9.17, 15) is 0 Å². The van der Waals surface area contributed by atoms with Crippen molar-refractivity contribution in [1.29, 1.82) is 0 Å². The first-order valence-electron chi connectivity index (χ1n) is 6.08. The zero-order chi connectivity index (χ0) is 12.3. The van der Waals surface area contributed by atoms with Gasteiger partial charge in [-0.1, -0.05) is 40.2 Å². The summed E-state index contributed by atoms with van der Waals surface area (Å²) in [5.41, 5.74) is 8.39. The van der Waals surface area contributed by atoms with Gasteiger partial charge in [0.1, 0.15) is 0 Å². The van der Waals surface area contributed by atoms with Crippen LogP contribution in [-0.2, 0) is 0 Å². The lowest BCUT2D eigenvalue weighted by Crippen LogP contribution is -2.35. The van der Waals surface area contributed by atoms with E-state index in [0.29, 0.717) is 12.6 Å². The second-order valence-electron chi connectivity index (χ2n) is 4.60. The maximum absolute atomic E-state index is 5.87. The highest BCUT2D eigenvalue weighted by Crippen LogP contribution is 2.23. The molecule has 2 rings (SSSR count). The van der Waals surface area contributed by atoms with Gasteiger partial charge in [-0.05, 0) is 37.0 Å². The highest BCUT2D eigenvalue weighted by molar-refractivity contribution is 9.10. The monoisotopic (exact) mass is 294 g/mol. The Balaban J connectivity index is 2.08. The minimum atomic E-state index is 0.247. The van der Waals surface area contributed by atoms with Crippen molar-refractivity contribution < 1.29 is 0 Å². The fraction of sp³-hybridized carbons (Fsp3) is 0.429. The zero-order valence-corrected chi connectivity index (χ0v) is 11.7. The van der Waals surface area contributed by atoms with E-state index in [-0.39, 0.29) is 6.04 Å². The molecule has 1 atom stereocenters. The maximum Gasteiger partial charge on any atom is 0.0447 e. The van der Waals surface area contributed by atoms with E-state index in [4.69, 9.17) is 5.73 Å². The molecular formula is C14H19BrN2. The molecule has 0 saturated heterocycles. The molecule has 92 valence electrons. The minimum Gasteiger partial charge on any atom is -0.329 e. The molecule has 0 bridgehead atoms. The van der Waals surface area contributed by atoms with Gasteiger partial charge in [-0.3, -0.25) is 0 Å². The summed E-state index contributed by atoms with van der Waals surface area (Å²) in [6.45, 7) is 2.73. The molecule has 0 amide bonds. The van der Waals surface area contributed by atoms with Gasteiger partial charge < -0.3 is 11.1 Å². The molecule has 1 aromatic carbocycles. The van der Waals surface area contributed by atoms with E-state index >= 15 is 0 Å². The maximum atomic E-state index is 5.87. The van der Waals surface area contributed by atoms with Gasteiger partial charge in [0.05, 0.1) is 0 Å². The number of rotatable bonds is 4. The van der Waals surface area contributed by atoms with Crippen molar-refractivity contribution in [2.24, 2.45) is 5.73 Å². The molecule has 3 N–H and O–H groups in total. The Morgan fingerprint density at radius 2 is 2.12 bits per heavy atom. The number of nitrogens with two attached hydrogens (primary N) is 1. The van der Waals surface area contributed by atoms with E-state index < -0.39 is 0 Å². The van der Waals surface area contributed by atoms with Crippen molar-refractivity contribution in [2.45, 2.75) is 31.8 Å². The van der Waals surface area contributed by atoms with Gasteiger partial charge in [0.15, 0.2) is 0 Å². The Morgan fingerprint density at radius 3 is 2.71 bits per heavy atom. The fourth-order valence-electron chi connectivity index (χ4n) is 2.16. The molecule has 0 spiro atoms. The second-order valence-corrected chi connectivity index (χ2v) is 5.46. The minimum absolute atomic E-state index is 0.247. The van der Waals surface area contributed by atoms with Crippen molar-refractivity contribution in [2.75, 3.05) is 6.54 Å². The fourth-order valence-corrected chi connectivity index (χ4v) is 2.56. The topological polar surface area (TPSA) is 38.0 Å². The number of aryl methyl sites for hydroxylation is 1. The van der Waals surface area contributed by atoms with Crippen LogP contribution in [-0.4, -0.2) is 12.6 Å². The van der Waals surface area contributed by atoms with Crippen LogP contribution in [0, 0.1) is 6.92 Å². The van der Waals surface area contributed by atoms with Gasteiger partial charge in [-0.2, -0.15) is 0 Å². The molecule has 3 heteroatoms. The molecular weight excluding hydrogens is 276 g/mol. The summed E-state index contributed by atoms with van der Waals surface area (Å²) in [5, 5.41) is 3.62. The first-order valence-corrected chi connectivity index (χ1v) is 6.87. The van der Waals surface area contributed by atoms with Crippen molar-refractivity contribution in [1.82, 2.24) is 5.32 Å². The summed E-state index contributed by atoms with van der Waals surface area (Å²) in [7, 11) is 0. The molecule has 1 aliphatic carbocycles. The van der Waals surface area contributed by atoms with Crippen LogP contribution in [0.2, 0.25) is 0 Å². The van der Waals surface area contributed by atoms with Crippen LogP contribution in [0.15, 0.2) is 34.8 Å². The highest BCUT2D eigenvalue weighted by Gasteiger charge is 2.16. The molecule has 0 fully saturated rings. The quantitative estimate of drug-likeness (QED) is 0.838. The summed E-state index contributed by atoms with van der Waals surface area (Å²) in [6.07, 6.45) is 6.69. The van der Waals surface area contributed by atoms with E-state index in [1.807, 2.05) is 0 Å². The summed E-state index contributed by atoms with van der Waals surface area (Å²) in [4.78, 5) is 0. The second kappa shape index (κ2) is 5.80. The van der Waals surface area contributed by atoms with Gasteiger partial charge in [-0.25, -0.2) is 0 Å². The number of hydrogen-bond acceptors (Lipinski definition) is 2. The lowest BCUT2D eigenvalue weighted by Gasteiger charge is -2.22. The zero-order valence-electron chi connectivity index (χ0n) is 10.1. The third kappa shape index (κ3) is 3.18. The Hall–Kier alpha value is -0.640. The SMILES string of the molecule is Cc1ccc(C(CN)NC2CC=CC2)cc1Br. The normalized spacial score (nSPS) is 17.6. The number of benzene rings is 1. The van der Waals surface area contributed by atoms with Gasteiger partial charge >= 0.3 is 0 Å². The molecule has 2 nitrogen and oxygen atoms in total. The average Bonchev–Trinajstić information content (AvgIpc) is 2.82. The van der Waals surface area contributed by atoms with Crippen LogP contribution in [0.5, 0.6) is 0 Å². The number of halogens is 1. The molecule has 0 aliphatic heterocycles. The van der Waals surface area contributed by atoms with Gasteiger partial charge in [0, 0.05) is 23.1 Å². The first-order chi connectivity index (χ1) is 8.20. The van der Waals surface area contributed by atoms with Crippen LogP contribution in [0.25, 0.3) is 0 Å². The van der Waals surface area contributed by atoms with Crippen molar-refractivity contribution in [3.8, 4) is 0 Å². The van der Waals surface area contributed by atoms with Crippen LogP contribution in [0.3, 0.4) is 0 Å². The van der Waals surface area contributed by atoms with Gasteiger partial charge in [0.25, 0.3) is 0 Å². The van der Waals surface area contributed by atoms with Crippen molar-refractivity contribution in [3.05, 3.63) is 46.0 Å². The molecule has 1 aliphatic rings. The summed E-state index contributed by atoms with van der Waals surface area (Å²) >= 11 is 3.58. The Morgan fingerprint density at radius 1 is 1.41 bits per heavy atom. The molecule has 0 radical (unpaired) electrons. The van der Waals surface area contributed by atoms with E-state index in [1.165, 1.54) is 11.1 Å². The number of hydrogen-bond donors (Lipinski definition) is 2. The largest absolute Gasteiger partial charge is 0.329 e. The van der Waals surface area contributed by atoms with E-state index in [1.54, 1.807) is 0 Å². The van der Waals surface area contributed by atoms with Crippen molar-refractivity contribution >= 4 is 15.9 Å². The predicted molar refractivity (Wildman–Crippen MR) is 76.0 cm³/mol. The average molecular weight is 295 g/mol. The summed E-state index contributed by atoms with van der Waals surface area (Å²) in [5.74, 6) is 0. The molecule has 0 heterocycles. The summed E-state index contributed by atoms with van der Waals surface area (Å²) < 4.78 is 1.15. The molecule has 1 unspecified atom stereocenters. The van der Waals surface area contributed by atoms with Crippen LogP contribution in [0.4, 0.5) is 0 Å². The Labute approximate surface area is 111 Å². The molecule has 0 aromatic heterocycles. The van der Waals surface area contributed by atoms with Crippen molar-refractivity contribution in [3.63, 3.8) is 0 Å². The third-order valence-corrected chi connectivity index (χ3v) is 4.13. The Bertz CT molecular complexity index is 407. The summed E-state index contributed by atoms with van der Waals surface area (Å²) in [6, 6.07) is 7.26. The molecule has 0 saturated carbocycles. The smallest absolute Gasteiger partial charge is 0.0447 e. The lowest BCUT2D eigenvalue weighted by atomic mass is 10.0. The first kappa shape index (κ1) is 12.8. The van der Waals surface area contributed by atoms with Crippen LogP contribution < -0.4 is 11.1 Å². The van der Waals surface area contributed by atoms with Gasteiger partial charge in [0.2, 0.25) is 0 Å². The Kier molecular flexibility index (Phi) is 4.37. The van der Waals surface area contributed by atoms with E-state index in [2.05, 4.69) is 58.5 Å². The highest BCUT2D eigenvalue weighted by atomic mass is 79.9. The molecule has 17 heavy (non-hydrogen) atoms. The van der Waals surface area contributed by atoms with E-state index in [0.717, 1.165) is 17.3 Å². The standard InChI is InChI=1S/C14H19BrN2/c1-10-6-7-11(8-13(10)15)14(9-16)17-12-4-2-3-5-12/h2-3,6-8,12,14,17H,4-5,9,16H2,1H3. The van der Waals surface area contributed by atoms with Crippen LogP contribution in [0.1, 0.15) is 30.0 Å². The van der Waals surface area contributed by atoms with Gasteiger partial charge in [-0.15, -0.1) is 0 Å². The third-order valence-electron chi connectivity index (χ3n) is 3.28. The lowest BCUT2D eigenvalue weighted by molar-refractivity contribution is 0.453. The molecule has 1 aromatic rings.